The van der Waals surface area contributed by atoms with Crippen LogP contribution >= 0.6 is 11.3 Å². The van der Waals surface area contributed by atoms with E-state index in [4.69, 9.17) is 21.5 Å². The van der Waals surface area contributed by atoms with Gasteiger partial charge in [0.25, 0.3) is 0 Å². The second-order valence-corrected chi connectivity index (χ2v) is 15.3. The van der Waals surface area contributed by atoms with Crippen molar-refractivity contribution in [2.75, 3.05) is 0 Å². The van der Waals surface area contributed by atoms with Crippen LogP contribution in [-0.2, 0) is 0 Å². The van der Waals surface area contributed by atoms with E-state index in [0.29, 0.717) is 23.2 Å². The van der Waals surface area contributed by atoms with Gasteiger partial charge in [0.15, 0.2) is 23.2 Å². The number of hydrogen-bond acceptors (Lipinski definition) is 4. The summed E-state index contributed by atoms with van der Waals surface area (Å²) in [5.74, 6) is 1.80. The van der Waals surface area contributed by atoms with E-state index in [-0.39, 0.29) is 0 Å². The molecule has 58 heavy (non-hydrogen) atoms. The van der Waals surface area contributed by atoms with Gasteiger partial charge in [-0.15, -0.1) is 11.3 Å². The van der Waals surface area contributed by atoms with E-state index in [1.807, 2.05) is 90.2 Å². The highest BCUT2D eigenvalue weighted by molar-refractivity contribution is 7.26. The zero-order valence-electron chi connectivity index (χ0n) is 31.0. The lowest BCUT2D eigenvalue weighted by Gasteiger charge is -2.17. The molecule has 0 spiro atoms. The minimum absolute atomic E-state index is 0.583. The van der Waals surface area contributed by atoms with E-state index >= 15 is 0 Å². The predicted octanol–water partition coefficient (Wildman–Crippen LogP) is 14.2. The van der Waals surface area contributed by atoms with Crippen LogP contribution in [0.4, 0.5) is 5.69 Å². The molecule has 0 fully saturated rings. The van der Waals surface area contributed by atoms with Crippen molar-refractivity contribution >= 4 is 59.0 Å². The summed E-state index contributed by atoms with van der Waals surface area (Å²) in [6.07, 6.45) is 0. The van der Waals surface area contributed by atoms with Crippen molar-refractivity contribution in [3.63, 3.8) is 0 Å². The van der Waals surface area contributed by atoms with Crippen LogP contribution in [0.1, 0.15) is 0 Å². The van der Waals surface area contributed by atoms with E-state index in [9.17, 15) is 0 Å². The van der Waals surface area contributed by atoms with Gasteiger partial charge < -0.3 is 4.57 Å². The Kier molecular flexibility index (Phi) is 7.99. The highest BCUT2D eigenvalue weighted by atomic mass is 32.1. The van der Waals surface area contributed by atoms with Crippen molar-refractivity contribution in [2.45, 2.75) is 0 Å². The van der Waals surface area contributed by atoms with Gasteiger partial charge in [-0.2, -0.15) is 0 Å². The average Bonchev–Trinajstić information content (AvgIpc) is 3.85. The molecule has 270 valence electrons. The smallest absolute Gasteiger partial charge is 0.187 e. The second-order valence-electron chi connectivity index (χ2n) is 14.3. The van der Waals surface area contributed by atoms with Gasteiger partial charge in [-0.25, -0.2) is 19.8 Å². The zero-order valence-corrected chi connectivity index (χ0v) is 31.9. The van der Waals surface area contributed by atoms with Crippen molar-refractivity contribution in [3.05, 3.63) is 199 Å². The summed E-state index contributed by atoms with van der Waals surface area (Å²) in [5, 5.41) is 4.80. The summed E-state index contributed by atoms with van der Waals surface area (Å²) in [6, 6.07) is 65.2. The maximum Gasteiger partial charge on any atom is 0.187 e. The van der Waals surface area contributed by atoms with Crippen LogP contribution in [0.3, 0.4) is 0 Å². The lowest BCUT2D eigenvalue weighted by Crippen LogP contribution is -2.04. The molecule has 0 bridgehead atoms. The van der Waals surface area contributed by atoms with Gasteiger partial charge in [-0.3, -0.25) is 0 Å². The van der Waals surface area contributed by atoms with Crippen LogP contribution in [0, 0.1) is 6.57 Å². The molecule has 11 aromatic rings. The molecule has 11 rings (SSSR count). The molecular weight excluding hydrogens is 727 g/mol. The molecule has 0 aliphatic rings. The fourth-order valence-electron chi connectivity index (χ4n) is 8.15. The first-order valence-electron chi connectivity index (χ1n) is 19.1. The van der Waals surface area contributed by atoms with Gasteiger partial charge in [0.05, 0.1) is 23.3 Å². The Bertz CT molecular complexity index is 3360. The molecule has 0 aliphatic heterocycles. The molecule has 8 aromatic carbocycles. The minimum atomic E-state index is 0.583. The number of fused-ring (bicyclic) bond motifs is 6. The first-order chi connectivity index (χ1) is 28.7. The lowest BCUT2D eigenvalue weighted by atomic mass is 9.99. The fraction of sp³-hybridized carbons (Fsp3) is 0. The Hall–Kier alpha value is -7.72. The van der Waals surface area contributed by atoms with Crippen LogP contribution in [0.5, 0.6) is 0 Å². The number of para-hydroxylation sites is 1. The largest absolute Gasteiger partial charge is 0.308 e. The van der Waals surface area contributed by atoms with Gasteiger partial charge >= 0.3 is 0 Å². The molecule has 0 N–H and O–H groups in total. The number of aromatic nitrogens is 4. The van der Waals surface area contributed by atoms with E-state index < -0.39 is 0 Å². The van der Waals surface area contributed by atoms with E-state index in [1.54, 1.807) is 0 Å². The van der Waals surface area contributed by atoms with Gasteiger partial charge in [0, 0.05) is 47.6 Å². The third kappa shape index (κ3) is 5.64. The maximum absolute atomic E-state index is 7.66. The lowest BCUT2D eigenvalue weighted by molar-refractivity contribution is 1.06. The molecule has 3 aromatic heterocycles. The molecule has 6 heteroatoms. The maximum atomic E-state index is 7.66. The Morgan fingerprint density at radius 1 is 0.414 bits per heavy atom. The summed E-state index contributed by atoms with van der Waals surface area (Å²) in [4.78, 5) is 19.3. The monoisotopic (exact) mass is 757 g/mol. The third-order valence-corrected chi connectivity index (χ3v) is 12.1. The number of benzene rings is 8. The average molecular weight is 758 g/mol. The highest BCUT2D eigenvalue weighted by Crippen LogP contribution is 2.43. The van der Waals surface area contributed by atoms with Crippen molar-refractivity contribution < 1.29 is 0 Å². The van der Waals surface area contributed by atoms with Crippen LogP contribution in [0.2, 0.25) is 0 Å². The van der Waals surface area contributed by atoms with Crippen LogP contribution in [0.25, 0.3) is 109 Å². The van der Waals surface area contributed by atoms with Crippen molar-refractivity contribution in [1.82, 2.24) is 19.5 Å². The molecule has 0 amide bonds. The van der Waals surface area contributed by atoms with Crippen molar-refractivity contribution in [3.8, 4) is 62.1 Å². The highest BCUT2D eigenvalue weighted by Gasteiger charge is 2.22. The second kappa shape index (κ2) is 13.8. The molecule has 0 saturated heterocycles. The first-order valence-corrected chi connectivity index (χ1v) is 20.0. The number of nitrogens with zero attached hydrogens (tertiary/aromatic N) is 5. The predicted molar refractivity (Wildman–Crippen MR) is 240 cm³/mol. The zero-order chi connectivity index (χ0) is 38.6. The SMILES string of the molecule is [C-]#[N+]c1cccc(-c2ccc3c4ccccc4n(-c4ccc(-c5cccc6c5sc5ccccc56)cc4-c4nc(-c5ccccc5)nc(-c5ccccc5)n4)c3c2)c1. The summed E-state index contributed by atoms with van der Waals surface area (Å²) in [6.45, 7) is 7.66. The summed E-state index contributed by atoms with van der Waals surface area (Å²) in [5.41, 5.74) is 10.7. The molecule has 0 atom stereocenters. The molecular formula is C52H31N5S. The quantitative estimate of drug-likeness (QED) is 0.159. The van der Waals surface area contributed by atoms with Crippen molar-refractivity contribution in [2.24, 2.45) is 0 Å². The first kappa shape index (κ1) is 33.6. The Labute approximate surface area is 338 Å². The standard InChI is InChI=1S/C52H31N5S/c1-53-38-19-12-18-35(30-38)36-26-28-41-40-20-8-10-24-45(40)57(47(41)32-36)46-29-27-37(39-22-13-23-43-42-21-9-11-25-48(42)58-49(39)43)31-44(46)52-55-50(33-14-4-2-5-15-33)54-51(56-52)34-16-6-3-7-17-34/h2-32H. The van der Waals surface area contributed by atoms with Gasteiger partial charge in [0.1, 0.15) is 0 Å². The van der Waals surface area contributed by atoms with Gasteiger partial charge in [0.2, 0.25) is 0 Å². The summed E-state index contributed by atoms with van der Waals surface area (Å²) in [7, 11) is 0. The van der Waals surface area contributed by atoms with Gasteiger partial charge in [-0.1, -0.05) is 152 Å². The van der Waals surface area contributed by atoms with Crippen LogP contribution in [-0.4, -0.2) is 19.5 Å². The van der Waals surface area contributed by atoms with Crippen molar-refractivity contribution in [1.29, 1.82) is 0 Å². The van der Waals surface area contributed by atoms with E-state index in [2.05, 4.69) is 119 Å². The van der Waals surface area contributed by atoms with E-state index in [0.717, 1.165) is 66.4 Å². The molecule has 3 heterocycles. The number of hydrogen-bond donors (Lipinski definition) is 0. The Morgan fingerprint density at radius 2 is 1.02 bits per heavy atom. The number of thiophene rings is 1. The molecule has 5 nitrogen and oxygen atoms in total. The topological polar surface area (TPSA) is 48.0 Å². The van der Waals surface area contributed by atoms with Crippen LogP contribution in [0.15, 0.2) is 188 Å². The normalized spacial score (nSPS) is 11.4. The molecule has 0 radical (unpaired) electrons. The van der Waals surface area contributed by atoms with Gasteiger partial charge in [-0.05, 0) is 58.7 Å². The Balaban J connectivity index is 1.22. The molecule has 0 unspecified atom stereocenters. The molecule has 0 saturated carbocycles. The Morgan fingerprint density at radius 3 is 1.79 bits per heavy atom. The third-order valence-electron chi connectivity index (χ3n) is 10.9. The molecule has 0 aliphatic carbocycles. The fourth-order valence-corrected chi connectivity index (χ4v) is 9.38. The van der Waals surface area contributed by atoms with Crippen LogP contribution < -0.4 is 0 Å². The minimum Gasteiger partial charge on any atom is -0.308 e. The summed E-state index contributed by atoms with van der Waals surface area (Å²) >= 11 is 1.83. The van der Waals surface area contributed by atoms with E-state index in [1.165, 1.54) is 20.2 Å². The summed E-state index contributed by atoms with van der Waals surface area (Å²) < 4.78 is 4.86. The number of rotatable bonds is 6.